The van der Waals surface area contributed by atoms with Crippen molar-refractivity contribution < 1.29 is 0 Å². The van der Waals surface area contributed by atoms with E-state index in [-0.39, 0.29) is 0 Å². The quantitative estimate of drug-likeness (QED) is 0.651. The number of hydrogen-bond donors (Lipinski definition) is 2. The summed E-state index contributed by atoms with van der Waals surface area (Å²) in [5.74, 6) is 0. The Bertz CT molecular complexity index is 566. The van der Waals surface area contributed by atoms with E-state index in [2.05, 4.69) is 9.97 Å². The van der Waals surface area contributed by atoms with E-state index in [0.29, 0.717) is 9.28 Å². The molecule has 0 aliphatic heterocycles. The van der Waals surface area contributed by atoms with Gasteiger partial charge in [-0.05, 0) is 18.6 Å². The van der Waals surface area contributed by atoms with E-state index in [0.717, 1.165) is 16.6 Å². The van der Waals surface area contributed by atoms with Crippen LogP contribution in [-0.4, -0.2) is 9.97 Å². The van der Waals surface area contributed by atoms with E-state index < -0.39 is 0 Å². The van der Waals surface area contributed by atoms with E-state index in [4.69, 9.17) is 24.4 Å². The monoisotopic (exact) mass is 208 g/mol. The lowest BCUT2D eigenvalue weighted by molar-refractivity contribution is 1.23. The van der Waals surface area contributed by atoms with Crippen LogP contribution in [0.4, 0.5) is 0 Å². The van der Waals surface area contributed by atoms with Gasteiger partial charge in [-0.1, -0.05) is 36.6 Å². The van der Waals surface area contributed by atoms with Gasteiger partial charge in [0.05, 0.1) is 11.0 Å². The van der Waals surface area contributed by atoms with Gasteiger partial charge in [-0.25, -0.2) is 0 Å². The lowest BCUT2D eigenvalue weighted by Crippen LogP contribution is -1.88. The summed E-state index contributed by atoms with van der Waals surface area (Å²) in [6.45, 7) is 2.03. The van der Waals surface area contributed by atoms with Gasteiger partial charge < -0.3 is 9.97 Å². The second-order valence-corrected chi connectivity index (χ2v) is 3.72. The number of H-pyrrole nitrogens is 2. The molecule has 0 bridgehead atoms. The number of aryl methyl sites for hydroxylation is 1. The average Bonchev–Trinajstić information content (AvgIpc) is 2.09. The van der Waals surface area contributed by atoms with Gasteiger partial charge in [-0.3, -0.25) is 0 Å². The van der Waals surface area contributed by atoms with E-state index in [1.807, 2.05) is 25.1 Å². The van der Waals surface area contributed by atoms with E-state index in [1.165, 1.54) is 0 Å². The summed E-state index contributed by atoms with van der Waals surface area (Å²) in [6.07, 6.45) is 0. The lowest BCUT2D eigenvalue weighted by atomic mass is 10.2. The highest BCUT2D eigenvalue weighted by Gasteiger charge is 1.96. The molecule has 0 fully saturated rings. The summed E-state index contributed by atoms with van der Waals surface area (Å²) in [5.41, 5.74) is 3.19. The molecule has 0 saturated heterocycles. The topological polar surface area (TPSA) is 31.6 Å². The first-order valence-corrected chi connectivity index (χ1v) is 4.72. The number of aromatic nitrogens is 2. The van der Waals surface area contributed by atoms with Gasteiger partial charge in [0.15, 0.2) is 0 Å². The first kappa shape index (κ1) is 8.59. The molecule has 0 saturated carbocycles. The van der Waals surface area contributed by atoms with Gasteiger partial charge in [0.2, 0.25) is 0 Å². The van der Waals surface area contributed by atoms with Crippen molar-refractivity contribution in [3.8, 4) is 0 Å². The molecule has 0 spiro atoms. The average molecular weight is 208 g/mol. The molecule has 1 aromatic carbocycles. The van der Waals surface area contributed by atoms with Crippen LogP contribution in [0.2, 0.25) is 0 Å². The second-order valence-electron chi connectivity index (χ2n) is 2.91. The van der Waals surface area contributed by atoms with Crippen LogP contribution in [0.15, 0.2) is 18.2 Å². The summed E-state index contributed by atoms with van der Waals surface area (Å²) >= 11 is 10.1. The molecular formula is C9H8N2S2. The summed E-state index contributed by atoms with van der Waals surface area (Å²) in [6, 6.07) is 5.99. The second kappa shape index (κ2) is 3.05. The normalized spacial score (nSPS) is 10.5. The van der Waals surface area contributed by atoms with Crippen LogP contribution >= 0.6 is 24.4 Å². The number of nitrogens with one attached hydrogen (secondary N) is 2. The minimum absolute atomic E-state index is 0.591. The first-order valence-electron chi connectivity index (χ1n) is 3.90. The lowest BCUT2D eigenvalue weighted by Gasteiger charge is -2.01. The molecule has 13 heavy (non-hydrogen) atoms. The van der Waals surface area contributed by atoms with Gasteiger partial charge in [0, 0.05) is 0 Å². The predicted molar refractivity (Wildman–Crippen MR) is 59.1 cm³/mol. The molecule has 2 rings (SSSR count). The Kier molecular flexibility index (Phi) is 2.01. The van der Waals surface area contributed by atoms with Gasteiger partial charge in [-0.2, -0.15) is 0 Å². The highest BCUT2D eigenvalue weighted by molar-refractivity contribution is 7.73. The molecule has 66 valence electrons. The van der Waals surface area contributed by atoms with Crippen molar-refractivity contribution in [1.29, 1.82) is 0 Å². The van der Waals surface area contributed by atoms with Gasteiger partial charge in [0.25, 0.3) is 0 Å². The van der Waals surface area contributed by atoms with Crippen molar-refractivity contribution in [3.05, 3.63) is 33.0 Å². The van der Waals surface area contributed by atoms with Gasteiger partial charge in [-0.15, -0.1) is 0 Å². The molecule has 2 nitrogen and oxygen atoms in total. The molecular weight excluding hydrogens is 200 g/mol. The Morgan fingerprint density at radius 1 is 1.08 bits per heavy atom. The standard InChI is InChI=1S/C9H8N2S2/c1-5-3-2-4-6-7(5)11-9(13)8(12)10-6/h2-4H,1H3,(H,10,12)(H,11,13). The number of rotatable bonds is 0. The van der Waals surface area contributed by atoms with Crippen LogP contribution in [0, 0.1) is 16.2 Å². The van der Waals surface area contributed by atoms with E-state index >= 15 is 0 Å². The van der Waals surface area contributed by atoms with E-state index in [1.54, 1.807) is 0 Å². The molecule has 0 radical (unpaired) electrons. The Morgan fingerprint density at radius 3 is 2.54 bits per heavy atom. The fraction of sp³-hybridized carbons (Fsp3) is 0.111. The Morgan fingerprint density at radius 2 is 1.77 bits per heavy atom. The fourth-order valence-corrected chi connectivity index (χ4v) is 1.60. The van der Waals surface area contributed by atoms with Crippen LogP contribution in [0.25, 0.3) is 11.0 Å². The molecule has 0 aliphatic rings. The van der Waals surface area contributed by atoms with Crippen molar-refractivity contribution in [3.63, 3.8) is 0 Å². The van der Waals surface area contributed by atoms with Crippen molar-refractivity contribution in [2.45, 2.75) is 6.92 Å². The van der Waals surface area contributed by atoms with Crippen LogP contribution in [0.3, 0.4) is 0 Å². The Balaban J connectivity index is 3.06. The molecule has 1 heterocycles. The molecule has 2 N–H and O–H groups in total. The minimum atomic E-state index is 0.591. The maximum Gasteiger partial charge on any atom is 0.138 e. The van der Waals surface area contributed by atoms with Crippen LogP contribution < -0.4 is 0 Å². The minimum Gasteiger partial charge on any atom is -0.342 e. The predicted octanol–water partition coefficient (Wildman–Crippen LogP) is 3.26. The number of aromatic amines is 2. The Labute approximate surface area is 85.6 Å². The third-order valence-corrected chi connectivity index (χ3v) is 2.71. The summed E-state index contributed by atoms with van der Waals surface area (Å²) in [4.78, 5) is 6.18. The van der Waals surface area contributed by atoms with Crippen molar-refractivity contribution in [1.82, 2.24) is 9.97 Å². The SMILES string of the molecule is Cc1cccc2[nH]c(=S)c(=S)[nH]c12. The third-order valence-electron chi connectivity index (χ3n) is 1.97. The number of para-hydroxylation sites is 1. The highest BCUT2D eigenvalue weighted by atomic mass is 32.1. The van der Waals surface area contributed by atoms with Crippen molar-refractivity contribution >= 4 is 35.5 Å². The number of fused-ring (bicyclic) bond motifs is 1. The zero-order valence-corrected chi connectivity index (χ0v) is 8.68. The fourth-order valence-electron chi connectivity index (χ4n) is 1.29. The largest absolute Gasteiger partial charge is 0.342 e. The highest BCUT2D eigenvalue weighted by Crippen LogP contribution is 2.12. The molecule has 0 aliphatic carbocycles. The molecule has 0 amide bonds. The smallest absolute Gasteiger partial charge is 0.138 e. The van der Waals surface area contributed by atoms with Gasteiger partial charge in [0.1, 0.15) is 9.28 Å². The van der Waals surface area contributed by atoms with Crippen LogP contribution in [-0.2, 0) is 0 Å². The van der Waals surface area contributed by atoms with Crippen molar-refractivity contribution in [2.24, 2.45) is 0 Å². The zero-order chi connectivity index (χ0) is 9.42. The summed E-state index contributed by atoms with van der Waals surface area (Å²) in [7, 11) is 0. The van der Waals surface area contributed by atoms with Crippen LogP contribution in [0.5, 0.6) is 0 Å². The van der Waals surface area contributed by atoms with Gasteiger partial charge >= 0.3 is 0 Å². The van der Waals surface area contributed by atoms with E-state index in [9.17, 15) is 0 Å². The number of hydrogen-bond acceptors (Lipinski definition) is 2. The molecule has 0 atom stereocenters. The maximum atomic E-state index is 5.05. The van der Waals surface area contributed by atoms with Crippen molar-refractivity contribution in [2.75, 3.05) is 0 Å². The summed E-state index contributed by atoms with van der Waals surface area (Å²) in [5, 5.41) is 0. The third kappa shape index (κ3) is 1.43. The Hall–Kier alpha value is -1.00. The maximum absolute atomic E-state index is 5.05. The zero-order valence-electron chi connectivity index (χ0n) is 7.05. The number of benzene rings is 1. The summed E-state index contributed by atoms with van der Waals surface area (Å²) < 4.78 is 1.19. The molecule has 2 aromatic rings. The molecule has 0 unspecified atom stereocenters. The van der Waals surface area contributed by atoms with Crippen LogP contribution in [0.1, 0.15) is 5.56 Å². The first-order chi connectivity index (χ1) is 6.18. The molecule has 1 aromatic heterocycles. The molecule has 4 heteroatoms.